The van der Waals surface area contributed by atoms with Gasteiger partial charge in [-0.15, -0.1) is 11.3 Å². The highest BCUT2D eigenvalue weighted by molar-refractivity contribution is 7.22. The molecule has 0 saturated heterocycles. The van der Waals surface area contributed by atoms with Gasteiger partial charge in [0.05, 0.1) is 0 Å². The lowest BCUT2D eigenvalue weighted by atomic mass is 10.1. The van der Waals surface area contributed by atoms with Crippen LogP contribution in [0.3, 0.4) is 0 Å². The lowest BCUT2D eigenvalue weighted by Crippen LogP contribution is -1.94. The summed E-state index contributed by atoms with van der Waals surface area (Å²) in [5.41, 5.74) is 2.45. The van der Waals surface area contributed by atoms with E-state index in [0.717, 1.165) is 5.75 Å². The minimum Gasteiger partial charge on any atom is -0.489 e. The van der Waals surface area contributed by atoms with Gasteiger partial charge in [0.15, 0.2) is 0 Å². The molecule has 0 bridgehead atoms. The SMILES string of the molecule is c1ccc(COc2ccc3cc(-c4ccccc4)sc3c2)cc1. The second kappa shape index (κ2) is 6.27. The first-order valence-corrected chi connectivity index (χ1v) is 8.46. The molecule has 112 valence electrons. The summed E-state index contributed by atoms with van der Waals surface area (Å²) < 4.78 is 7.18. The highest BCUT2D eigenvalue weighted by Crippen LogP contribution is 2.35. The molecule has 0 amide bonds. The Balaban J connectivity index is 1.58. The number of hydrogen-bond donors (Lipinski definition) is 0. The van der Waals surface area contributed by atoms with Crippen molar-refractivity contribution < 1.29 is 4.74 Å². The Morgan fingerprint density at radius 2 is 1.48 bits per heavy atom. The van der Waals surface area contributed by atoms with Gasteiger partial charge in [-0.3, -0.25) is 0 Å². The molecule has 0 unspecified atom stereocenters. The first-order valence-electron chi connectivity index (χ1n) is 7.64. The molecule has 0 fully saturated rings. The van der Waals surface area contributed by atoms with E-state index in [4.69, 9.17) is 4.74 Å². The highest BCUT2D eigenvalue weighted by atomic mass is 32.1. The van der Waals surface area contributed by atoms with Crippen LogP contribution in [0.25, 0.3) is 20.5 Å². The largest absolute Gasteiger partial charge is 0.489 e. The zero-order valence-electron chi connectivity index (χ0n) is 12.6. The van der Waals surface area contributed by atoms with Crippen LogP contribution in [0.5, 0.6) is 5.75 Å². The third-order valence-electron chi connectivity index (χ3n) is 3.80. The highest BCUT2D eigenvalue weighted by Gasteiger charge is 2.05. The molecule has 4 aromatic rings. The molecule has 1 aromatic heterocycles. The van der Waals surface area contributed by atoms with Gasteiger partial charge in [0.25, 0.3) is 0 Å². The van der Waals surface area contributed by atoms with Crippen LogP contribution >= 0.6 is 11.3 Å². The monoisotopic (exact) mass is 316 g/mol. The third-order valence-corrected chi connectivity index (χ3v) is 4.95. The second-order valence-electron chi connectivity index (χ2n) is 5.45. The zero-order chi connectivity index (χ0) is 15.5. The van der Waals surface area contributed by atoms with Crippen LogP contribution in [0, 0.1) is 0 Å². The van der Waals surface area contributed by atoms with Crippen molar-refractivity contribution in [3.63, 3.8) is 0 Å². The quantitative estimate of drug-likeness (QED) is 0.439. The molecular formula is C21H16OS. The smallest absolute Gasteiger partial charge is 0.121 e. The van der Waals surface area contributed by atoms with E-state index in [1.807, 2.05) is 30.3 Å². The molecule has 0 spiro atoms. The second-order valence-corrected chi connectivity index (χ2v) is 6.53. The van der Waals surface area contributed by atoms with Crippen molar-refractivity contribution in [3.05, 3.63) is 90.5 Å². The summed E-state index contributed by atoms with van der Waals surface area (Å²) in [4.78, 5) is 1.29. The van der Waals surface area contributed by atoms with Gasteiger partial charge in [-0.2, -0.15) is 0 Å². The number of benzene rings is 3. The molecule has 4 rings (SSSR count). The van der Waals surface area contributed by atoms with Gasteiger partial charge >= 0.3 is 0 Å². The van der Waals surface area contributed by atoms with E-state index in [1.54, 1.807) is 11.3 Å². The Bertz CT molecular complexity index is 910. The molecule has 0 aliphatic heterocycles. The Morgan fingerprint density at radius 3 is 2.26 bits per heavy atom. The van der Waals surface area contributed by atoms with E-state index in [9.17, 15) is 0 Å². The van der Waals surface area contributed by atoms with E-state index in [0.29, 0.717) is 6.61 Å². The van der Waals surface area contributed by atoms with Crippen molar-refractivity contribution in [3.8, 4) is 16.2 Å². The lowest BCUT2D eigenvalue weighted by Gasteiger charge is -2.06. The molecule has 0 atom stereocenters. The van der Waals surface area contributed by atoms with Gasteiger partial charge in [0, 0.05) is 9.58 Å². The van der Waals surface area contributed by atoms with E-state index < -0.39 is 0 Å². The van der Waals surface area contributed by atoms with Crippen molar-refractivity contribution in [2.24, 2.45) is 0 Å². The van der Waals surface area contributed by atoms with E-state index in [-0.39, 0.29) is 0 Å². The maximum atomic E-state index is 5.92. The van der Waals surface area contributed by atoms with Crippen LogP contribution in [-0.2, 0) is 6.61 Å². The first kappa shape index (κ1) is 14.0. The average molecular weight is 316 g/mol. The van der Waals surface area contributed by atoms with Crippen LogP contribution in [0.4, 0.5) is 0 Å². The third kappa shape index (κ3) is 3.13. The summed E-state index contributed by atoms with van der Waals surface area (Å²) in [6.07, 6.45) is 0. The van der Waals surface area contributed by atoms with Crippen LogP contribution in [0.2, 0.25) is 0 Å². The Hall–Kier alpha value is -2.58. The maximum Gasteiger partial charge on any atom is 0.121 e. The standard InChI is InChI=1S/C21H16OS/c1-3-7-16(8-4-1)15-22-19-12-11-18-13-20(23-21(18)14-19)17-9-5-2-6-10-17/h1-14H,15H2. The minimum atomic E-state index is 0.600. The van der Waals surface area contributed by atoms with Gasteiger partial charge in [0.2, 0.25) is 0 Å². The molecule has 0 radical (unpaired) electrons. The fraction of sp³-hybridized carbons (Fsp3) is 0.0476. The zero-order valence-corrected chi connectivity index (χ0v) is 13.4. The first-order chi connectivity index (χ1) is 11.4. The summed E-state index contributed by atoms with van der Waals surface area (Å²) in [5.74, 6) is 0.919. The normalized spacial score (nSPS) is 10.8. The van der Waals surface area contributed by atoms with Crippen LogP contribution in [-0.4, -0.2) is 0 Å². The Morgan fingerprint density at radius 1 is 0.739 bits per heavy atom. The summed E-state index contributed by atoms with van der Waals surface area (Å²) in [6.45, 7) is 0.600. The van der Waals surface area contributed by atoms with Gasteiger partial charge < -0.3 is 4.74 Å². The van der Waals surface area contributed by atoms with E-state index >= 15 is 0 Å². The van der Waals surface area contributed by atoms with Crippen molar-refractivity contribution >= 4 is 21.4 Å². The van der Waals surface area contributed by atoms with Crippen molar-refractivity contribution in [1.29, 1.82) is 0 Å². The van der Waals surface area contributed by atoms with Gasteiger partial charge in [0.1, 0.15) is 12.4 Å². The van der Waals surface area contributed by atoms with Crippen molar-refractivity contribution in [2.45, 2.75) is 6.61 Å². The summed E-state index contributed by atoms with van der Waals surface area (Å²) >= 11 is 1.81. The lowest BCUT2D eigenvalue weighted by molar-refractivity contribution is 0.306. The summed E-state index contributed by atoms with van der Waals surface area (Å²) in [5, 5.41) is 1.26. The predicted molar refractivity (Wildman–Crippen MR) is 98.0 cm³/mol. The Labute approximate surface area is 139 Å². The van der Waals surface area contributed by atoms with Gasteiger partial charge in [-0.05, 0) is 40.8 Å². The summed E-state index contributed by atoms with van der Waals surface area (Å²) in [6, 6.07) is 29.3. The molecule has 2 heteroatoms. The molecule has 1 nitrogen and oxygen atoms in total. The van der Waals surface area contributed by atoms with Crippen molar-refractivity contribution in [1.82, 2.24) is 0 Å². The molecule has 23 heavy (non-hydrogen) atoms. The Kier molecular flexibility index (Phi) is 3.83. The minimum absolute atomic E-state index is 0.600. The van der Waals surface area contributed by atoms with Gasteiger partial charge in [-0.25, -0.2) is 0 Å². The maximum absolute atomic E-state index is 5.92. The van der Waals surface area contributed by atoms with E-state index in [2.05, 4.69) is 54.6 Å². The topological polar surface area (TPSA) is 9.23 Å². The fourth-order valence-electron chi connectivity index (χ4n) is 2.59. The van der Waals surface area contributed by atoms with Crippen LogP contribution < -0.4 is 4.74 Å². The average Bonchev–Trinajstić information content (AvgIpc) is 3.05. The van der Waals surface area contributed by atoms with Crippen LogP contribution in [0.1, 0.15) is 5.56 Å². The number of thiophene rings is 1. The van der Waals surface area contributed by atoms with Crippen molar-refractivity contribution in [2.75, 3.05) is 0 Å². The molecule has 1 heterocycles. The predicted octanol–water partition coefficient (Wildman–Crippen LogP) is 6.15. The van der Waals surface area contributed by atoms with Gasteiger partial charge in [-0.1, -0.05) is 60.7 Å². The number of rotatable bonds is 4. The molecule has 0 saturated carbocycles. The molecule has 0 aliphatic rings. The molecule has 0 N–H and O–H groups in total. The molecule has 0 aliphatic carbocycles. The molecular weight excluding hydrogens is 300 g/mol. The van der Waals surface area contributed by atoms with Crippen LogP contribution in [0.15, 0.2) is 84.9 Å². The van der Waals surface area contributed by atoms with E-state index in [1.165, 1.54) is 26.1 Å². The number of fused-ring (bicyclic) bond motifs is 1. The fourth-order valence-corrected chi connectivity index (χ4v) is 3.68. The number of ether oxygens (including phenoxy) is 1. The molecule has 3 aromatic carbocycles. The number of hydrogen-bond acceptors (Lipinski definition) is 2. The summed E-state index contributed by atoms with van der Waals surface area (Å²) in [7, 11) is 0.